The van der Waals surface area contributed by atoms with Crippen LogP contribution in [0.25, 0.3) is 10.8 Å². The summed E-state index contributed by atoms with van der Waals surface area (Å²) in [6.07, 6.45) is -0.133. The van der Waals surface area contributed by atoms with Gasteiger partial charge in [-0.1, -0.05) is 23.4 Å². The van der Waals surface area contributed by atoms with Crippen molar-refractivity contribution in [3.8, 4) is 10.8 Å². The molecule has 108 valence electrons. The normalized spacial score (nSPS) is 20.4. The standard InChI is InChI=1S/C12H17N5O2S/c1-3-17-4-5-18-8(6-17)10-15-11(19-16-10)9-7(2)14-12(13)20-9/h8H,3-6H2,1-2H3,(H2,13,14). The summed E-state index contributed by atoms with van der Waals surface area (Å²) in [6, 6.07) is 0. The van der Waals surface area contributed by atoms with E-state index in [-0.39, 0.29) is 6.10 Å². The number of aromatic nitrogens is 3. The average Bonchev–Trinajstić information content (AvgIpc) is 3.05. The highest BCUT2D eigenvalue weighted by molar-refractivity contribution is 7.18. The second kappa shape index (κ2) is 5.47. The number of aryl methyl sites for hydroxylation is 1. The molecule has 0 saturated carbocycles. The number of ether oxygens (including phenoxy) is 1. The summed E-state index contributed by atoms with van der Waals surface area (Å²) in [5.74, 6) is 1.05. The first-order chi connectivity index (χ1) is 9.67. The van der Waals surface area contributed by atoms with Crippen LogP contribution in [0.5, 0.6) is 0 Å². The van der Waals surface area contributed by atoms with Crippen molar-refractivity contribution in [3.63, 3.8) is 0 Å². The van der Waals surface area contributed by atoms with E-state index in [0.29, 0.717) is 23.5 Å². The maximum atomic E-state index is 5.72. The molecule has 2 aromatic heterocycles. The maximum absolute atomic E-state index is 5.72. The molecule has 3 heterocycles. The lowest BCUT2D eigenvalue weighted by Gasteiger charge is -2.30. The zero-order chi connectivity index (χ0) is 14.1. The highest BCUT2D eigenvalue weighted by Gasteiger charge is 2.26. The lowest BCUT2D eigenvalue weighted by molar-refractivity contribution is -0.0334. The number of likely N-dealkylation sites (N-methyl/N-ethyl adjacent to an activating group) is 1. The number of nitrogen functional groups attached to an aromatic ring is 1. The van der Waals surface area contributed by atoms with E-state index in [9.17, 15) is 0 Å². The largest absolute Gasteiger partial charge is 0.375 e. The second-order valence-electron chi connectivity index (χ2n) is 4.68. The molecule has 0 spiro atoms. The van der Waals surface area contributed by atoms with E-state index < -0.39 is 0 Å². The van der Waals surface area contributed by atoms with Crippen molar-refractivity contribution in [2.75, 3.05) is 32.0 Å². The first-order valence-corrected chi connectivity index (χ1v) is 7.40. The van der Waals surface area contributed by atoms with Crippen molar-refractivity contribution in [3.05, 3.63) is 11.5 Å². The molecule has 1 fully saturated rings. The Morgan fingerprint density at radius 1 is 1.45 bits per heavy atom. The Morgan fingerprint density at radius 3 is 3.00 bits per heavy atom. The molecule has 1 atom stereocenters. The highest BCUT2D eigenvalue weighted by atomic mass is 32.1. The molecule has 2 N–H and O–H groups in total. The number of nitrogens with zero attached hydrogens (tertiary/aromatic N) is 4. The fourth-order valence-electron chi connectivity index (χ4n) is 2.22. The Morgan fingerprint density at radius 2 is 2.30 bits per heavy atom. The van der Waals surface area contributed by atoms with Crippen molar-refractivity contribution in [2.45, 2.75) is 20.0 Å². The van der Waals surface area contributed by atoms with Crippen LogP contribution < -0.4 is 5.73 Å². The number of hydrogen-bond acceptors (Lipinski definition) is 8. The molecule has 3 rings (SSSR count). The minimum atomic E-state index is -0.133. The van der Waals surface area contributed by atoms with Crippen LogP contribution in [0.4, 0.5) is 5.13 Å². The molecule has 0 radical (unpaired) electrons. The first-order valence-electron chi connectivity index (χ1n) is 6.58. The van der Waals surface area contributed by atoms with Crippen molar-refractivity contribution in [2.24, 2.45) is 0 Å². The first kappa shape index (κ1) is 13.5. The van der Waals surface area contributed by atoms with Crippen LogP contribution in [0.3, 0.4) is 0 Å². The summed E-state index contributed by atoms with van der Waals surface area (Å²) in [5, 5.41) is 4.54. The highest BCUT2D eigenvalue weighted by Crippen LogP contribution is 2.31. The van der Waals surface area contributed by atoms with Crippen LogP contribution in [0, 0.1) is 6.92 Å². The van der Waals surface area contributed by atoms with Crippen LogP contribution in [-0.2, 0) is 4.74 Å². The van der Waals surface area contributed by atoms with Gasteiger partial charge >= 0.3 is 0 Å². The summed E-state index contributed by atoms with van der Waals surface area (Å²) in [5.41, 5.74) is 6.50. The third-order valence-corrected chi connectivity index (χ3v) is 4.31. The van der Waals surface area contributed by atoms with Gasteiger partial charge in [0.05, 0.1) is 12.3 Å². The van der Waals surface area contributed by atoms with Crippen LogP contribution in [0.2, 0.25) is 0 Å². The van der Waals surface area contributed by atoms with Gasteiger partial charge < -0.3 is 15.0 Å². The van der Waals surface area contributed by atoms with E-state index in [4.69, 9.17) is 15.0 Å². The number of rotatable bonds is 3. The third kappa shape index (κ3) is 2.54. The average molecular weight is 295 g/mol. The fraction of sp³-hybridized carbons (Fsp3) is 0.583. The number of hydrogen-bond donors (Lipinski definition) is 1. The van der Waals surface area contributed by atoms with E-state index in [2.05, 4.69) is 26.9 Å². The van der Waals surface area contributed by atoms with E-state index in [1.807, 2.05) is 6.92 Å². The summed E-state index contributed by atoms with van der Waals surface area (Å²) in [6.45, 7) is 7.43. The van der Waals surface area contributed by atoms with Gasteiger partial charge in [-0.25, -0.2) is 4.98 Å². The van der Waals surface area contributed by atoms with Gasteiger partial charge in [-0.15, -0.1) is 0 Å². The molecule has 20 heavy (non-hydrogen) atoms. The van der Waals surface area contributed by atoms with E-state index in [1.165, 1.54) is 11.3 Å². The predicted molar refractivity (Wildman–Crippen MR) is 75.4 cm³/mol. The number of morpholine rings is 1. The Kier molecular flexibility index (Phi) is 3.68. The molecule has 0 bridgehead atoms. The van der Waals surface area contributed by atoms with E-state index in [0.717, 1.165) is 30.2 Å². The Balaban J connectivity index is 1.81. The monoisotopic (exact) mass is 295 g/mol. The van der Waals surface area contributed by atoms with Crippen molar-refractivity contribution < 1.29 is 9.26 Å². The summed E-state index contributed by atoms with van der Waals surface area (Å²) < 4.78 is 11.0. The number of nitrogens with two attached hydrogens (primary N) is 1. The fourth-order valence-corrected chi connectivity index (χ4v) is 2.97. The van der Waals surface area contributed by atoms with Crippen LogP contribution in [0.1, 0.15) is 24.5 Å². The van der Waals surface area contributed by atoms with Crippen molar-refractivity contribution in [1.82, 2.24) is 20.0 Å². The smallest absolute Gasteiger partial charge is 0.270 e. The minimum absolute atomic E-state index is 0.133. The van der Waals surface area contributed by atoms with Crippen LogP contribution in [0.15, 0.2) is 4.52 Å². The lowest BCUT2D eigenvalue weighted by atomic mass is 10.2. The molecule has 0 amide bonds. The molecule has 7 nitrogen and oxygen atoms in total. The molecule has 8 heteroatoms. The molecule has 0 aliphatic carbocycles. The van der Waals surface area contributed by atoms with Crippen LogP contribution in [-0.4, -0.2) is 46.3 Å². The van der Waals surface area contributed by atoms with Gasteiger partial charge in [-0.2, -0.15) is 4.98 Å². The SMILES string of the molecule is CCN1CCOC(c2noc(-c3sc(N)nc3C)n2)C1. The van der Waals surface area contributed by atoms with Crippen molar-refractivity contribution in [1.29, 1.82) is 0 Å². The molecule has 2 aromatic rings. The molecule has 1 saturated heterocycles. The van der Waals surface area contributed by atoms with Gasteiger partial charge in [0.15, 0.2) is 5.13 Å². The van der Waals surface area contributed by atoms with Crippen molar-refractivity contribution >= 4 is 16.5 Å². The Labute approximate surface area is 120 Å². The maximum Gasteiger partial charge on any atom is 0.270 e. The minimum Gasteiger partial charge on any atom is -0.375 e. The van der Waals surface area contributed by atoms with Crippen LogP contribution >= 0.6 is 11.3 Å². The Bertz CT molecular complexity index is 596. The van der Waals surface area contributed by atoms with E-state index >= 15 is 0 Å². The number of anilines is 1. The van der Waals surface area contributed by atoms with Gasteiger partial charge in [-0.05, 0) is 13.5 Å². The second-order valence-corrected chi connectivity index (χ2v) is 5.71. The predicted octanol–water partition coefficient (Wildman–Crippen LogP) is 1.48. The summed E-state index contributed by atoms with van der Waals surface area (Å²) >= 11 is 1.35. The third-order valence-electron chi connectivity index (χ3n) is 3.33. The molecular formula is C12H17N5O2S. The molecule has 0 aromatic carbocycles. The van der Waals surface area contributed by atoms with Gasteiger partial charge in [0.25, 0.3) is 5.89 Å². The summed E-state index contributed by atoms with van der Waals surface area (Å²) in [4.78, 5) is 11.7. The van der Waals surface area contributed by atoms with Gasteiger partial charge in [-0.3, -0.25) is 4.90 Å². The van der Waals surface area contributed by atoms with Gasteiger partial charge in [0, 0.05) is 13.1 Å². The lowest BCUT2D eigenvalue weighted by Crippen LogP contribution is -2.38. The zero-order valence-corrected chi connectivity index (χ0v) is 12.3. The quantitative estimate of drug-likeness (QED) is 0.917. The molecule has 1 aliphatic rings. The molecular weight excluding hydrogens is 278 g/mol. The Hall–Kier alpha value is -1.51. The van der Waals surface area contributed by atoms with Gasteiger partial charge in [0.2, 0.25) is 5.82 Å². The molecule has 1 aliphatic heterocycles. The van der Waals surface area contributed by atoms with Gasteiger partial charge in [0.1, 0.15) is 11.0 Å². The zero-order valence-electron chi connectivity index (χ0n) is 11.5. The number of thiazole rings is 1. The summed E-state index contributed by atoms with van der Waals surface area (Å²) in [7, 11) is 0. The molecule has 1 unspecified atom stereocenters. The topological polar surface area (TPSA) is 90.3 Å². The van der Waals surface area contributed by atoms with E-state index in [1.54, 1.807) is 0 Å².